The van der Waals surface area contributed by atoms with Gasteiger partial charge in [0.2, 0.25) is 0 Å². The number of hydrogen-bond acceptors (Lipinski definition) is 2. The maximum atomic E-state index is 13.8. The van der Waals surface area contributed by atoms with Crippen molar-refractivity contribution in [3.8, 4) is 0 Å². The fourth-order valence-electron chi connectivity index (χ4n) is 2.92. The quantitative estimate of drug-likeness (QED) is 0.524. The Hall–Kier alpha value is -1.36. The number of ketones is 1. The van der Waals surface area contributed by atoms with E-state index in [0.717, 1.165) is 37.8 Å². The average molecular weight is 285 g/mol. The summed E-state index contributed by atoms with van der Waals surface area (Å²) < 4.78 is 40.0. The summed E-state index contributed by atoms with van der Waals surface area (Å²) in [6, 6.07) is 1.80. The Morgan fingerprint density at radius 1 is 1.05 bits per heavy atom. The van der Waals surface area contributed by atoms with E-state index in [-0.39, 0.29) is 6.54 Å². The Kier molecular flexibility index (Phi) is 4.48. The number of rotatable bonds is 3. The number of benzene rings is 1. The predicted octanol–water partition coefficient (Wildman–Crippen LogP) is 3.59. The molecule has 110 valence electrons. The number of carbonyl (C=O) groups excluding carboxylic acids is 1. The average Bonchev–Trinajstić information content (AvgIpc) is 2.71. The molecule has 0 amide bonds. The van der Waals surface area contributed by atoms with Crippen molar-refractivity contribution in [3.63, 3.8) is 0 Å². The summed E-state index contributed by atoms with van der Waals surface area (Å²) in [4.78, 5) is 12.6. The standard InChI is InChI=1S/C15H18F3NO/c16-11-6-5-10(12(17)13(11)18)14(20)15(9-19)7-3-1-2-4-8-15/h5-6H,1-4,7-9,19H2. The molecule has 1 aromatic carbocycles. The van der Waals surface area contributed by atoms with E-state index >= 15 is 0 Å². The van der Waals surface area contributed by atoms with Crippen molar-refractivity contribution in [1.82, 2.24) is 0 Å². The second-order valence-electron chi connectivity index (χ2n) is 5.45. The van der Waals surface area contributed by atoms with Gasteiger partial charge in [-0.25, -0.2) is 13.2 Å². The van der Waals surface area contributed by atoms with Crippen LogP contribution in [0.25, 0.3) is 0 Å². The number of nitrogens with two attached hydrogens (primary N) is 1. The second kappa shape index (κ2) is 5.95. The topological polar surface area (TPSA) is 43.1 Å². The zero-order valence-electron chi connectivity index (χ0n) is 11.2. The van der Waals surface area contributed by atoms with Gasteiger partial charge in [0.15, 0.2) is 23.2 Å². The Labute approximate surface area is 116 Å². The van der Waals surface area contributed by atoms with Crippen LogP contribution in [0.15, 0.2) is 12.1 Å². The van der Waals surface area contributed by atoms with E-state index in [0.29, 0.717) is 12.8 Å². The highest BCUT2D eigenvalue weighted by Crippen LogP contribution is 2.38. The number of Topliss-reactive ketones (excluding diaryl/α,β-unsaturated/α-hetero) is 1. The summed E-state index contributed by atoms with van der Waals surface area (Å²) in [5, 5.41) is 0. The third kappa shape index (κ3) is 2.59. The molecule has 0 unspecified atom stereocenters. The van der Waals surface area contributed by atoms with Crippen LogP contribution in [-0.2, 0) is 0 Å². The minimum absolute atomic E-state index is 0.101. The first-order chi connectivity index (χ1) is 9.52. The third-order valence-electron chi connectivity index (χ3n) is 4.21. The van der Waals surface area contributed by atoms with Crippen LogP contribution in [0.4, 0.5) is 13.2 Å². The molecule has 0 heterocycles. The summed E-state index contributed by atoms with van der Waals surface area (Å²) in [7, 11) is 0. The van der Waals surface area contributed by atoms with Crippen molar-refractivity contribution in [2.45, 2.75) is 38.5 Å². The van der Waals surface area contributed by atoms with E-state index in [9.17, 15) is 18.0 Å². The van der Waals surface area contributed by atoms with Gasteiger partial charge in [-0.1, -0.05) is 25.7 Å². The molecule has 1 aliphatic rings. The summed E-state index contributed by atoms with van der Waals surface area (Å²) >= 11 is 0. The molecule has 20 heavy (non-hydrogen) atoms. The molecule has 1 saturated carbocycles. The summed E-state index contributed by atoms with van der Waals surface area (Å²) in [6.45, 7) is 0.101. The normalized spacial score (nSPS) is 18.6. The molecule has 0 aliphatic heterocycles. The summed E-state index contributed by atoms with van der Waals surface area (Å²) in [5.41, 5.74) is 4.51. The molecule has 0 radical (unpaired) electrons. The van der Waals surface area contributed by atoms with Crippen LogP contribution >= 0.6 is 0 Å². The van der Waals surface area contributed by atoms with Crippen molar-refractivity contribution >= 4 is 5.78 Å². The van der Waals surface area contributed by atoms with Crippen molar-refractivity contribution in [2.24, 2.45) is 11.1 Å². The zero-order chi connectivity index (χ0) is 14.8. The van der Waals surface area contributed by atoms with E-state index < -0.39 is 34.2 Å². The lowest BCUT2D eigenvalue weighted by Gasteiger charge is -2.30. The molecule has 5 heteroatoms. The number of hydrogen-bond donors (Lipinski definition) is 1. The van der Waals surface area contributed by atoms with Gasteiger partial charge in [-0.3, -0.25) is 4.79 Å². The smallest absolute Gasteiger partial charge is 0.195 e. The fourth-order valence-corrected chi connectivity index (χ4v) is 2.92. The third-order valence-corrected chi connectivity index (χ3v) is 4.21. The maximum absolute atomic E-state index is 13.8. The van der Waals surface area contributed by atoms with E-state index in [1.165, 1.54) is 0 Å². The lowest BCUT2D eigenvalue weighted by Crippen LogP contribution is -2.39. The molecule has 0 bridgehead atoms. The lowest BCUT2D eigenvalue weighted by atomic mass is 9.74. The van der Waals surface area contributed by atoms with Crippen LogP contribution in [0.5, 0.6) is 0 Å². The highest BCUT2D eigenvalue weighted by molar-refractivity contribution is 6.01. The maximum Gasteiger partial charge on any atom is 0.195 e. The molecule has 2 nitrogen and oxygen atoms in total. The monoisotopic (exact) mass is 285 g/mol. The molecule has 0 aromatic heterocycles. The van der Waals surface area contributed by atoms with Gasteiger partial charge in [-0.05, 0) is 25.0 Å². The van der Waals surface area contributed by atoms with Gasteiger partial charge in [-0.2, -0.15) is 0 Å². The van der Waals surface area contributed by atoms with E-state index in [1.807, 2.05) is 0 Å². The molecule has 0 saturated heterocycles. The van der Waals surface area contributed by atoms with E-state index in [1.54, 1.807) is 0 Å². The van der Waals surface area contributed by atoms with Crippen molar-refractivity contribution in [1.29, 1.82) is 0 Å². The van der Waals surface area contributed by atoms with E-state index in [2.05, 4.69) is 0 Å². The van der Waals surface area contributed by atoms with Gasteiger partial charge in [-0.15, -0.1) is 0 Å². The lowest BCUT2D eigenvalue weighted by molar-refractivity contribution is 0.0768. The molecule has 1 aliphatic carbocycles. The van der Waals surface area contributed by atoms with Crippen LogP contribution in [0.2, 0.25) is 0 Å². The Morgan fingerprint density at radius 2 is 1.65 bits per heavy atom. The van der Waals surface area contributed by atoms with Gasteiger partial charge in [0, 0.05) is 12.0 Å². The minimum Gasteiger partial charge on any atom is -0.329 e. The summed E-state index contributed by atoms with van der Waals surface area (Å²) in [5.74, 6) is -4.80. The first-order valence-electron chi connectivity index (χ1n) is 6.90. The second-order valence-corrected chi connectivity index (χ2v) is 5.45. The van der Waals surface area contributed by atoms with Crippen molar-refractivity contribution < 1.29 is 18.0 Å². The van der Waals surface area contributed by atoms with Crippen LogP contribution < -0.4 is 5.73 Å². The molecular weight excluding hydrogens is 267 g/mol. The largest absolute Gasteiger partial charge is 0.329 e. The van der Waals surface area contributed by atoms with Gasteiger partial charge >= 0.3 is 0 Å². The van der Waals surface area contributed by atoms with Crippen molar-refractivity contribution in [3.05, 3.63) is 35.1 Å². The minimum atomic E-state index is -1.60. The van der Waals surface area contributed by atoms with Crippen LogP contribution in [0.3, 0.4) is 0 Å². The number of carbonyl (C=O) groups is 1. The fraction of sp³-hybridized carbons (Fsp3) is 0.533. The van der Waals surface area contributed by atoms with Gasteiger partial charge in [0.1, 0.15) is 0 Å². The first-order valence-corrected chi connectivity index (χ1v) is 6.90. The van der Waals surface area contributed by atoms with Crippen LogP contribution in [-0.4, -0.2) is 12.3 Å². The van der Waals surface area contributed by atoms with Gasteiger partial charge in [0.25, 0.3) is 0 Å². The SMILES string of the molecule is NCC1(C(=O)c2ccc(F)c(F)c2F)CCCCCC1. The highest BCUT2D eigenvalue weighted by atomic mass is 19.2. The van der Waals surface area contributed by atoms with Gasteiger partial charge < -0.3 is 5.73 Å². The molecule has 1 aromatic rings. The Bertz CT molecular complexity index is 508. The van der Waals surface area contributed by atoms with Crippen LogP contribution in [0.1, 0.15) is 48.9 Å². The van der Waals surface area contributed by atoms with Crippen LogP contribution in [0, 0.1) is 22.9 Å². The zero-order valence-corrected chi connectivity index (χ0v) is 11.2. The predicted molar refractivity (Wildman–Crippen MR) is 69.8 cm³/mol. The molecule has 0 atom stereocenters. The Morgan fingerprint density at radius 3 is 2.20 bits per heavy atom. The number of halogens is 3. The Balaban J connectivity index is 2.40. The highest BCUT2D eigenvalue weighted by Gasteiger charge is 2.39. The van der Waals surface area contributed by atoms with E-state index in [4.69, 9.17) is 5.73 Å². The molecule has 1 fully saturated rings. The van der Waals surface area contributed by atoms with Gasteiger partial charge in [0.05, 0.1) is 5.56 Å². The van der Waals surface area contributed by atoms with Crippen molar-refractivity contribution in [2.75, 3.05) is 6.54 Å². The summed E-state index contributed by atoms with van der Waals surface area (Å²) in [6.07, 6.45) is 4.84. The molecule has 2 rings (SSSR count). The molecular formula is C15H18F3NO. The molecule has 2 N–H and O–H groups in total. The first kappa shape index (κ1) is 15.0. The molecule has 0 spiro atoms.